The summed E-state index contributed by atoms with van der Waals surface area (Å²) in [5.74, 6) is -0.636. The fourth-order valence-corrected chi connectivity index (χ4v) is 3.32. The lowest BCUT2D eigenvalue weighted by atomic mass is 10.0. The molecule has 0 spiro atoms. The number of benzene rings is 2. The molecule has 0 bridgehead atoms. The van der Waals surface area contributed by atoms with Crippen molar-refractivity contribution in [3.63, 3.8) is 0 Å². The van der Waals surface area contributed by atoms with E-state index in [2.05, 4.69) is 32.8 Å². The van der Waals surface area contributed by atoms with Gasteiger partial charge in [0.05, 0.1) is 0 Å². The molecule has 0 aliphatic rings. The van der Waals surface area contributed by atoms with Gasteiger partial charge in [-0.2, -0.15) is 5.21 Å². The number of allylic oxidation sites excluding steroid dienone is 1. The van der Waals surface area contributed by atoms with E-state index in [4.69, 9.17) is 0 Å². The molecule has 0 aliphatic heterocycles. The molecule has 0 saturated carbocycles. The third-order valence-corrected chi connectivity index (χ3v) is 4.80. The largest absolute Gasteiger partial charge is 0.504 e. The molecule has 0 amide bonds. The van der Waals surface area contributed by atoms with Crippen LogP contribution in [-0.2, 0) is 19.4 Å². The Labute approximate surface area is 173 Å². The number of rotatable bonds is 8. The van der Waals surface area contributed by atoms with Crippen LogP contribution in [0.4, 0.5) is 0 Å². The average Bonchev–Trinajstić information content (AvgIpc) is 3.44. The minimum absolute atomic E-state index is 0.0158. The van der Waals surface area contributed by atoms with Crippen molar-refractivity contribution in [1.29, 1.82) is 0 Å². The second-order valence-electron chi connectivity index (χ2n) is 6.97. The molecule has 150 valence electrons. The van der Waals surface area contributed by atoms with Gasteiger partial charge in [0.15, 0.2) is 11.5 Å². The molecule has 2 aromatic carbocycles. The molecule has 7 heteroatoms. The predicted octanol–water partition coefficient (Wildman–Crippen LogP) is 3.62. The Kier molecular flexibility index (Phi) is 5.80. The lowest BCUT2D eigenvalue weighted by Crippen LogP contribution is -2.01. The fourth-order valence-electron chi connectivity index (χ4n) is 3.32. The Morgan fingerprint density at radius 3 is 2.33 bits per heavy atom. The van der Waals surface area contributed by atoms with Crippen LogP contribution < -0.4 is 0 Å². The monoisotopic (exact) mass is 399 g/mol. The predicted molar refractivity (Wildman–Crippen MR) is 113 cm³/mol. The molecule has 30 heavy (non-hydrogen) atoms. The Bertz CT molecular complexity index is 1130. The van der Waals surface area contributed by atoms with E-state index in [-0.39, 0.29) is 17.4 Å². The van der Waals surface area contributed by atoms with Crippen LogP contribution in [0.3, 0.4) is 0 Å². The molecule has 0 atom stereocenters. The van der Waals surface area contributed by atoms with E-state index in [1.807, 2.05) is 65.5 Å². The first kappa shape index (κ1) is 19.3. The highest BCUT2D eigenvalue weighted by molar-refractivity contribution is 6.08. The van der Waals surface area contributed by atoms with Gasteiger partial charge < -0.3 is 9.67 Å². The third kappa shape index (κ3) is 4.70. The van der Waals surface area contributed by atoms with Gasteiger partial charge in [-0.15, -0.1) is 10.2 Å². The molecule has 2 N–H and O–H groups in total. The molecular formula is C23H21N5O2. The molecule has 0 radical (unpaired) electrons. The molecule has 0 unspecified atom stereocenters. The number of aliphatic hydroxyl groups excluding tert-OH is 1. The number of hydrogen-bond acceptors (Lipinski definition) is 5. The molecule has 4 aromatic rings. The lowest BCUT2D eigenvalue weighted by molar-refractivity contribution is 0.104. The van der Waals surface area contributed by atoms with Crippen LogP contribution in [0.1, 0.15) is 32.9 Å². The van der Waals surface area contributed by atoms with Gasteiger partial charge in [0.2, 0.25) is 5.82 Å². The minimum atomic E-state index is -0.321. The average molecular weight is 399 g/mol. The molecule has 7 nitrogen and oxygen atoms in total. The second kappa shape index (κ2) is 9.00. The zero-order valence-corrected chi connectivity index (χ0v) is 16.3. The molecular weight excluding hydrogens is 378 g/mol. The van der Waals surface area contributed by atoms with E-state index in [9.17, 15) is 9.90 Å². The summed E-state index contributed by atoms with van der Waals surface area (Å²) in [5.41, 5.74) is 3.83. The highest BCUT2D eigenvalue weighted by Crippen LogP contribution is 2.18. The summed E-state index contributed by atoms with van der Waals surface area (Å²) in [7, 11) is 0. The number of H-pyrrole nitrogens is 1. The van der Waals surface area contributed by atoms with Crippen LogP contribution in [0.25, 0.3) is 5.76 Å². The van der Waals surface area contributed by atoms with Crippen molar-refractivity contribution in [1.82, 2.24) is 25.2 Å². The van der Waals surface area contributed by atoms with Crippen LogP contribution in [0.2, 0.25) is 0 Å². The van der Waals surface area contributed by atoms with Gasteiger partial charge in [0, 0.05) is 30.6 Å². The number of carbonyl (C=O) groups is 1. The summed E-state index contributed by atoms with van der Waals surface area (Å²) in [4.78, 5) is 12.9. The number of carbonyl (C=O) groups excluding carboxylic acids is 1. The number of hydrogen-bond donors (Lipinski definition) is 2. The van der Waals surface area contributed by atoms with Crippen LogP contribution in [0.5, 0.6) is 0 Å². The molecule has 4 rings (SSSR count). The molecule has 0 saturated heterocycles. The normalized spacial score (nSPS) is 11.5. The number of nitrogens with zero attached hydrogens (tertiary/aromatic N) is 4. The van der Waals surface area contributed by atoms with E-state index in [1.54, 1.807) is 0 Å². The number of nitrogens with one attached hydrogen (secondary N) is 1. The smallest absolute Gasteiger partial charge is 0.239 e. The Balaban J connectivity index is 1.60. The van der Waals surface area contributed by atoms with Crippen LogP contribution >= 0.6 is 0 Å². The van der Waals surface area contributed by atoms with Gasteiger partial charge >= 0.3 is 0 Å². The van der Waals surface area contributed by atoms with E-state index in [0.717, 1.165) is 23.6 Å². The van der Waals surface area contributed by atoms with Gasteiger partial charge in [-0.1, -0.05) is 60.7 Å². The summed E-state index contributed by atoms with van der Waals surface area (Å²) in [5, 5.41) is 23.2. The van der Waals surface area contributed by atoms with Gasteiger partial charge in [0.25, 0.3) is 0 Å². The van der Waals surface area contributed by atoms with Crippen molar-refractivity contribution in [2.75, 3.05) is 0 Å². The number of aromatic nitrogens is 5. The SMILES string of the molecule is O=C(C=C(O)c1nn[nH]n1)c1cn(Cc2ccccc2)cc1CCc1ccccc1. The lowest BCUT2D eigenvalue weighted by Gasteiger charge is -2.03. The summed E-state index contributed by atoms with van der Waals surface area (Å²) in [6.07, 6.45) is 6.50. The standard InChI is InChI=1S/C23H21N5O2/c29-21(13-22(30)23-24-26-27-25-23)20-16-28(14-18-9-5-2-6-10-18)15-19(20)12-11-17-7-3-1-4-8-17/h1-10,13,15-16,30H,11-12,14H2,(H,24,25,26,27). The fraction of sp³-hybridized carbons (Fsp3) is 0.130. The van der Waals surface area contributed by atoms with Crippen molar-refractivity contribution in [2.45, 2.75) is 19.4 Å². The maximum Gasteiger partial charge on any atom is 0.239 e. The number of tetrazole rings is 1. The van der Waals surface area contributed by atoms with Gasteiger partial charge in [-0.25, -0.2) is 0 Å². The van der Waals surface area contributed by atoms with Crippen LogP contribution in [0, 0.1) is 0 Å². The molecule has 2 aromatic heterocycles. The number of aryl methyl sites for hydroxylation is 2. The second-order valence-corrected chi connectivity index (χ2v) is 6.97. The summed E-state index contributed by atoms with van der Waals surface area (Å²) in [6, 6.07) is 20.2. The molecule has 0 fully saturated rings. The van der Waals surface area contributed by atoms with Crippen molar-refractivity contribution in [2.24, 2.45) is 0 Å². The van der Waals surface area contributed by atoms with E-state index < -0.39 is 0 Å². The first-order valence-corrected chi connectivity index (χ1v) is 9.64. The van der Waals surface area contributed by atoms with Crippen molar-refractivity contribution < 1.29 is 9.90 Å². The third-order valence-electron chi connectivity index (χ3n) is 4.80. The molecule has 0 aliphatic carbocycles. The zero-order chi connectivity index (χ0) is 20.8. The van der Waals surface area contributed by atoms with Crippen molar-refractivity contribution >= 4 is 11.5 Å². The Morgan fingerprint density at radius 1 is 0.967 bits per heavy atom. The number of aliphatic hydroxyl groups is 1. The van der Waals surface area contributed by atoms with Gasteiger partial charge in [-0.3, -0.25) is 4.79 Å². The number of ketones is 1. The molecule has 2 heterocycles. The maximum absolute atomic E-state index is 12.9. The van der Waals surface area contributed by atoms with Gasteiger partial charge in [0.1, 0.15) is 0 Å². The summed E-state index contributed by atoms with van der Waals surface area (Å²) < 4.78 is 2.00. The van der Waals surface area contributed by atoms with Crippen LogP contribution in [-0.4, -0.2) is 36.1 Å². The first-order valence-electron chi connectivity index (χ1n) is 9.64. The van der Waals surface area contributed by atoms with E-state index >= 15 is 0 Å². The van der Waals surface area contributed by atoms with Crippen molar-refractivity contribution in [3.05, 3.63) is 107 Å². The Hall–Kier alpha value is -4.00. The first-order chi connectivity index (χ1) is 14.7. The Morgan fingerprint density at radius 2 is 1.67 bits per heavy atom. The summed E-state index contributed by atoms with van der Waals surface area (Å²) >= 11 is 0. The van der Waals surface area contributed by atoms with Crippen molar-refractivity contribution in [3.8, 4) is 0 Å². The quantitative estimate of drug-likeness (QED) is 0.268. The number of aromatic amines is 1. The highest BCUT2D eigenvalue weighted by Gasteiger charge is 2.16. The topological polar surface area (TPSA) is 96.7 Å². The maximum atomic E-state index is 12.9. The zero-order valence-electron chi connectivity index (χ0n) is 16.3. The summed E-state index contributed by atoms with van der Waals surface area (Å²) in [6.45, 7) is 0.660. The van der Waals surface area contributed by atoms with Crippen LogP contribution in [0.15, 0.2) is 79.1 Å². The van der Waals surface area contributed by atoms with E-state index in [1.165, 1.54) is 5.56 Å². The van der Waals surface area contributed by atoms with Gasteiger partial charge in [-0.05, 0) is 34.7 Å². The van der Waals surface area contributed by atoms with E-state index in [0.29, 0.717) is 18.5 Å². The minimum Gasteiger partial charge on any atom is -0.504 e. The highest BCUT2D eigenvalue weighted by atomic mass is 16.3.